The Labute approximate surface area is 136 Å². The van der Waals surface area contributed by atoms with Crippen molar-refractivity contribution in [2.24, 2.45) is 5.92 Å². The molecule has 0 aliphatic carbocycles. The van der Waals surface area contributed by atoms with Crippen LogP contribution in [-0.2, 0) is 0 Å². The minimum atomic E-state index is 0.263. The largest absolute Gasteiger partial charge is 0.488 e. The van der Waals surface area contributed by atoms with Crippen molar-refractivity contribution in [1.82, 2.24) is 9.97 Å². The Morgan fingerprint density at radius 3 is 2.86 bits per heavy atom. The number of hydrogen-bond acceptors (Lipinski definition) is 5. The van der Waals surface area contributed by atoms with Crippen LogP contribution in [0.2, 0.25) is 0 Å². The smallest absolute Gasteiger partial charge is 0.222 e. The highest BCUT2D eigenvalue weighted by Gasteiger charge is 2.07. The predicted molar refractivity (Wildman–Crippen MR) is 97.3 cm³/mol. The van der Waals surface area contributed by atoms with Crippen molar-refractivity contribution in [2.45, 2.75) is 52.9 Å². The monoisotopic (exact) mass is 324 g/mol. The summed E-state index contributed by atoms with van der Waals surface area (Å²) in [5.74, 6) is 2.29. The number of unbranched alkanes of at least 4 members (excludes halogenated alkanes) is 1. The quantitative estimate of drug-likeness (QED) is 0.478. The second kappa shape index (κ2) is 10.4. The topological polar surface area (TPSA) is 73.1 Å². The molecule has 1 aromatic heterocycles. The second-order valence-corrected chi connectivity index (χ2v) is 6.58. The molecule has 0 fully saturated rings. The zero-order valence-corrected chi connectivity index (χ0v) is 15.0. The molecule has 0 aliphatic rings. The molecule has 0 radical (unpaired) electrons. The Morgan fingerprint density at radius 1 is 1.41 bits per heavy atom. The highest BCUT2D eigenvalue weighted by Crippen LogP contribution is 2.22. The summed E-state index contributed by atoms with van der Waals surface area (Å²) in [5.41, 5.74) is 5.65. The first-order valence-electron chi connectivity index (χ1n) is 8.08. The second-order valence-electron chi connectivity index (χ2n) is 5.87. The molecule has 3 N–H and O–H groups in total. The van der Waals surface area contributed by atoms with Crippen LogP contribution in [0, 0.1) is 5.92 Å². The molecule has 1 heterocycles. The third kappa shape index (κ3) is 7.60. The normalized spacial score (nSPS) is 10.7. The first kappa shape index (κ1) is 18.7. The van der Waals surface area contributed by atoms with Gasteiger partial charge in [-0.05, 0) is 36.9 Å². The zero-order valence-electron chi connectivity index (χ0n) is 14.0. The van der Waals surface area contributed by atoms with E-state index >= 15 is 0 Å². The van der Waals surface area contributed by atoms with E-state index in [-0.39, 0.29) is 5.95 Å². The molecule has 6 heteroatoms. The van der Waals surface area contributed by atoms with Gasteiger partial charge in [0.25, 0.3) is 0 Å². The van der Waals surface area contributed by atoms with E-state index in [2.05, 4.69) is 44.9 Å². The van der Waals surface area contributed by atoms with Gasteiger partial charge >= 0.3 is 0 Å². The van der Waals surface area contributed by atoms with Crippen molar-refractivity contribution >= 4 is 25.9 Å². The SMILES string of the molecule is CCCCNc1nc(N)ncc1OCCCC(=P)CC(C)C. The first-order valence-corrected chi connectivity index (χ1v) is 8.58. The maximum atomic E-state index is 5.80. The van der Waals surface area contributed by atoms with Gasteiger partial charge in [-0.3, -0.25) is 0 Å². The highest BCUT2D eigenvalue weighted by molar-refractivity contribution is 7.21. The van der Waals surface area contributed by atoms with Gasteiger partial charge in [-0.25, -0.2) is 4.98 Å². The summed E-state index contributed by atoms with van der Waals surface area (Å²) < 4.78 is 5.80. The van der Waals surface area contributed by atoms with Crippen LogP contribution in [0.15, 0.2) is 6.20 Å². The van der Waals surface area contributed by atoms with Crippen LogP contribution in [0.4, 0.5) is 11.8 Å². The molecule has 0 unspecified atom stereocenters. The lowest BCUT2D eigenvalue weighted by Gasteiger charge is -2.13. The molecule has 0 aromatic carbocycles. The fourth-order valence-electron chi connectivity index (χ4n) is 2.06. The number of rotatable bonds is 11. The average Bonchev–Trinajstić information content (AvgIpc) is 2.45. The number of nitrogen functional groups attached to an aromatic ring is 1. The molecule has 0 bridgehead atoms. The minimum Gasteiger partial charge on any atom is -0.488 e. The van der Waals surface area contributed by atoms with Crippen LogP contribution in [0.1, 0.15) is 52.9 Å². The van der Waals surface area contributed by atoms with Crippen LogP contribution in [0.5, 0.6) is 5.75 Å². The average molecular weight is 324 g/mol. The molecule has 0 spiro atoms. The Hall–Kier alpha value is -1.35. The maximum Gasteiger partial charge on any atom is 0.222 e. The standard InChI is InChI=1S/C16H29N4OP/c1-4-5-8-18-15-14(11-19-16(17)20-15)21-9-6-7-13(22)10-12(2)3/h11-12,22H,4-10H2,1-3H3,(H3,17,18,19,20). The summed E-state index contributed by atoms with van der Waals surface area (Å²) in [7, 11) is 3.69. The fraction of sp³-hybridized carbons (Fsp3) is 0.688. The molecule has 0 atom stereocenters. The molecule has 5 nitrogen and oxygen atoms in total. The number of nitrogens with two attached hydrogens (primary N) is 1. The van der Waals surface area contributed by atoms with Crippen molar-refractivity contribution in [3.8, 4) is 5.75 Å². The number of anilines is 2. The van der Waals surface area contributed by atoms with Crippen molar-refractivity contribution in [1.29, 1.82) is 0 Å². The van der Waals surface area contributed by atoms with Crippen molar-refractivity contribution in [3.05, 3.63) is 6.20 Å². The minimum absolute atomic E-state index is 0.263. The van der Waals surface area contributed by atoms with Gasteiger partial charge in [0.05, 0.1) is 12.8 Å². The molecular weight excluding hydrogens is 295 g/mol. The van der Waals surface area contributed by atoms with Crippen LogP contribution in [0.3, 0.4) is 0 Å². The number of hydrogen-bond donors (Lipinski definition) is 2. The number of ether oxygens (including phenoxy) is 1. The third-order valence-electron chi connectivity index (χ3n) is 3.13. The van der Waals surface area contributed by atoms with E-state index in [9.17, 15) is 0 Å². The van der Waals surface area contributed by atoms with Crippen LogP contribution < -0.4 is 15.8 Å². The maximum absolute atomic E-state index is 5.80. The van der Waals surface area contributed by atoms with E-state index in [0.717, 1.165) is 38.6 Å². The first-order chi connectivity index (χ1) is 10.5. The van der Waals surface area contributed by atoms with Gasteiger partial charge in [0.2, 0.25) is 5.95 Å². The number of nitrogens with one attached hydrogen (secondary N) is 1. The van der Waals surface area contributed by atoms with Crippen molar-refractivity contribution in [3.63, 3.8) is 0 Å². The molecular formula is C16H29N4OP. The zero-order chi connectivity index (χ0) is 16.4. The van der Waals surface area contributed by atoms with Crippen molar-refractivity contribution in [2.75, 3.05) is 24.2 Å². The van der Waals surface area contributed by atoms with Crippen LogP contribution in [0.25, 0.3) is 0 Å². The Balaban J connectivity index is 2.42. The fourth-order valence-corrected chi connectivity index (χ4v) is 2.65. The molecule has 1 aromatic rings. The molecule has 0 amide bonds. The lowest BCUT2D eigenvalue weighted by atomic mass is 10.1. The van der Waals surface area contributed by atoms with E-state index in [1.165, 1.54) is 5.29 Å². The van der Waals surface area contributed by atoms with E-state index in [1.807, 2.05) is 0 Å². The van der Waals surface area contributed by atoms with Crippen LogP contribution in [-0.4, -0.2) is 28.4 Å². The number of aromatic nitrogens is 2. The molecule has 0 saturated carbocycles. The van der Waals surface area contributed by atoms with Crippen LogP contribution >= 0.6 is 8.86 Å². The summed E-state index contributed by atoms with van der Waals surface area (Å²) in [6.07, 6.45) is 6.94. The summed E-state index contributed by atoms with van der Waals surface area (Å²) >= 11 is 0. The molecule has 0 saturated heterocycles. The third-order valence-corrected chi connectivity index (χ3v) is 3.59. The summed E-state index contributed by atoms with van der Waals surface area (Å²) in [6, 6.07) is 0. The summed E-state index contributed by atoms with van der Waals surface area (Å²) in [6.45, 7) is 8.09. The lowest BCUT2D eigenvalue weighted by Crippen LogP contribution is -2.10. The van der Waals surface area contributed by atoms with Gasteiger partial charge < -0.3 is 15.8 Å². The molecule has 1 rings (SSSR count). The predicted octanol–water partition coefficient (Wildman–Crippen LogP) is 3.79. The van der Waals surface area contributed by atoms with Gasteiger partial charge in [-0.2, -0.15) is 4.98 Å². The molecule has 0 aliphatic heterocycles. The molecule has 124 valence electrons. The van der Waals surface area contributed by atoms with E-state index < -0.39 is 0 Å². The van der Waals surface area contributed by atoms with E-state index in [4.69, 9.17) is 10.5 Å². The van der Waals surface area contributed by atoms with Gasteiger partial charge in [0, 0.05) is 6.54 Å². The van der Waals surface area contributed by atoms with E-state index in [0.29, 0.717) is 24.1 Å². The van der Waals surface area contributed by atoms with Gasteiger partial charge in [-0.1, -0.05) is 27.2 Å². The number of nitrogens with zero attached hydrogens (tertiary/aromatic N) is 2. The highest BCUT2D eigenvalue weighted by atomic mass is 31.0. The van der Waals surface area contributed by atoms with E-state index in [1.54, 1.807) is 6.20 Å². The Kier molecular flexibility index (Phi) is 8.83. The van der Waals surface area contributed by atoms with Gasteiger partial charge in [0.15, 0.2) is 11.6 Å². The summed E-state index contributed by atoms with van der Waals surface area (Å²) in [4.78, 5) is 8.22. The van der Waals surface area contributed by atoms with Gasteiger partial charge in [-0.15, -0.1) is 8.86 Å². The van der Waals surface area contributed by atoms with Gasteiger partial charge in [0.1, 0.15) is 0 Å². The lowest BCUT2D eigenvalue weighted by molar-refractivity contribution is 0.312. The summed E-state index contributed by atoms with van der Waals surface area (Å²) in [5, 5.41) is 4.60. The Bertz CT molecular complexity index is 465. The molecule has 22 heavy (non-hydrogen) atoms. The van der Waals surface area contributed by atoms with Crippen molar-refractivity contribution < 1.29 is 4.74 Å². The Morgan fingerprint density at radius 2 is 2.18 bits per heavy atom.